The van der Waals surface area contributed by atoms with E-state index < -0.39 is 0 Å². The summed E-state index contributed by atoms with van der Waals surface area (Å²) in [5, 5.41) is 0. The van der Waals surface area contributed by atoms with Crippen LogP contribution in [0, 0.1) is 0 Å². The van der Waals surface area contributed by atoms with Gasteiger partial charge in [-0.3, -0.25) is 9.69 Å². The summed E-state index contributed by atoms with van der Waals surface area (Å²) in [6, 6.07) is 3.81. The maximum atomic E-state index is 12.5. The Morgan fingerprint density at radius 2 is 2.16 bits per heavy atom. The molecule has 0 atom stereocenters. The van der Waals surface area contributed by atoms with Crippen molar-refractivity contribution < 1.29 is 18.7 Å². The summed E-state index contributed by atoms with van der Waals surface area (Å²) in [6.07, 6.45) is 2.54. The van der Waals surface area contributed by atoms with Crippen molar-refractivity contribution in [2.24, 2.45) is 0 Å². The van der Waals surface area contributed by atoms with Crippen LogP contribution in [0.15, 0.2) is 21.5 Å². The maximum Gasteiger partial charge on any atom is 0.266 e. The highest BCUT2D eigenvalue weighted by atomic mass is 32.2. The lowest BCUT2D eigenvalue weighted by Gasteiger charge is -2.26. The Bertz CT molecular complexity index is 653. The van der Waals surface area contributed by atoms with Crippen molar-refractivity contribution in [3.05, 3.63) is 22.8 Å². The number of thioether (sulfide) groups is 1. The van der Waals surface area contributed by atoms with Gasteiger partial charge in [-0.1, -0.05) is 24.0 Å². The van der Waals surface area contributed by atoms with Crippen LogP contribution in [0.25, 0.3) is 6.08 Å². The average Bonchev–Trinajstić information content (AvgIpc) is 3.19. The van der Waals surface area contributed by atoms with E-state index in [-0.39, 0.29) is 5.91 Å². The number of ether oxygens (including phenoxy) is 2. The van der Waals surface area contributed by atoms with Crippen molar-refractivity contribution in [2.75, 3.05) is 51.0 Å². The van der Waals surface area contributed by atoms with Gasteiger partial charge in [0, 0.05) is 45.0 Å². The molecule has 1 aromatic rings. The predicted molar refractivity (Wildman–Crippen MR) is 103 cm³/mol. The molecule has 3 rings (SSSR count). The summed E-state index contributed by atoms with van der Waals surface area (Å²) in [5.74, 6) is 1.41. The first-order valence-corrected chi connectivity index (χ1v) is 9.67. The van der Waals surface area contributed by atoms with Crippen LogP contribution in [-0.2, 0) is 14.3 Å². The molecule has 136 valence electrons. The molecule has 2 fully saturated rings. The lowest BCUT2D eigenvalue weighted by atomic mass is 10.3. The lowest BCUT2D eigenvalue weighted by Crippen LogP contribution is -2.35. The van der Waals surface area contributed by atoms with Crippen LogP contribution >= 0.6 is 24.0 Å². The highest BCUT2D eigenvalue weighted by Gasteiger charge is 2.31. The minimum Gasteiger partial charge on any atom is -0.441 e. The molecule has 0 aromatic carbocycles. The van der Waals surface area contributed by atoms with E-state index in [1.54, 1.807) is 11.0 Å². The number of thiocarbonyl (C=S) groups is 1. The van der Waals surface area contributed by atoms with E-state index in [1.165, 1.54) is 11.8 Å². The minimum atomic E-state index is -0.0594. The van der Waals surface area contributed by atoms with E-state index in [4.69, 9.17) is 26.1 Å². The van der Waals surface area contributed by atoms with Gasteiger partial charge in [0.15, 0.2) is 5.88 Å². The standard InChI is InChI=1S/C17H22N2O4S2/c1-2-21-9-3-6-19-16(20)14(25-17(19)24)12-13-4-5-15(23-13)18-7-10-22-11-8-18/h4-5,12H,2-3,6-11H2,1H3/b14-12+. The van der Waals surface area contributed by atoms with Crippen molar-refractivity contribution in [3.8, 4) is 0 Å². The first-order chi connectivity index (χ1) is 12.2. The second kappa shape index (κ2) is 8.84. The summed E-state index contributed by atoms with van der Waals surface area (Å²) in [6.45, 7) is 6.89. The zero-order valence-corrected chi connectivity index (χ0v) is 15.9. The largest absolute Gasteiger partial charge is 0.441 e. The number of rotatable bonds is 7. The lowest BCUT2D eigenvalue weighted by molar-refractivity contribution is -0.122. The van der Waals surface area contributed by atoms with Crippen molar-refractivity contribution in [1.29, 1.82) is 0 Å². The average molecular weight is 383 g/mol. The van der Waals surface area contributed by atoms with Gasteiger partial charge in [0.05, 0.1) is 18.1 Å². The van der Waals surface area contributed by atoms with Crippen molar-refractivity contribution in [1.82, 2.24) is 4.90 Å². The smallest absolute Gasteiger partial charge is 0.266 e. The fourth-order valence-electron chi connectivity index (χ4n) is 2.66. The summed E-state index contributed by atoms with van der Waals surface area (Å²) in [7, 11) is 0. The predicted octanol–water partition coefficient (Wildman–Crippen LogP) is 2.74. The molecule has 0 spiro atoms. The number of furan rings is 1. The molecule has 0 aliphatic carbocycles. The van der Waals surface area contributed by atoms with Gasteiger partial charge in [-0.05, 0) is 19.4 Å². The van der Waals surface area contributed by atoms with E-state index in [2.05, 4.69) is 4.90 Å². The first-order valence-electron chi connectivity index (χ1n) is 8.44. The van der Waals surface area contributed by atoms with Crippen LogP contribution in [0.1, 0.15) is 19.1 Å². The zero-order chi connectivity index (χ0) is 17.6. The number of hydrogen-bond acceptors (Lipinski definition) is 7. The fraction of sp³-hybridized carbons (Fsp3) is 0.529. The molecule has 3 heterocycles. The van der Waals surface area contributed by atoms with Crippen LogP contribution in [0.3, 0.4) is 0 Å². The summed E-state index contributed by atoms with van der Waals surface area (Å²) >= 11 is 6.65. The van der Waals surface area contributed by atoms with Gasteiger partial charge in [0.25, 0.3) is 5.91 Å². The first kappa shape index (κ1) is 18.4. The Kier molecular flexibility index (Phi) is 6.52. The topological polar surface area (TPSA) is 55.2 Å². The van der Waals surface area contributed by atoms with Crippen LogP contribution < -0.4 is 4.90 Å². The normalized spacial score (nSPS) is 20.1. The summed E-state index contributed by atoms with van der Waals surface area (Å²) in [4.78, 5) is 16.9. The number of morpholine rings is 1. The van der Waals surface area contributed by atoms with Crippen LogP contribution in [0.2, 0.25) is 0 Å². The van der Waals surface area contributed by atoms with Gasteiger partial charge in [0.1, 0.15) is 10.1 Å². The molecule has 1 amide bonds. The molecule has 2 aliphatic rings. The molecule has 8 heteroatoms. The Balaban J connectivity index is 1.62. The van der Waals surface area contributed by atoms with Crippen molar-refractivity contribution in [3.63, 3.8) is 0 Å². The Morgan fingerprint density at radius 1 is 1.36 bits per heavy atom. The van der Waals surface area contributed by atoms with Crippen molar-refractivity contribution >= 4 is 46.2 Å². The van der Waals surface area contributed by atoms with E-state index in [0.717, 1.165) is 25.4 Å². The Morgan fingerprint density at radius 3 is 2.92 bits per heavy atom. The molecule has 2 saturated heterocycles. The second-order valence-electron chi connectivity index (χ2n) is 5.66. The van der Waals surface area contributed by atoms with Crippen LogP contribution in [0.5, 0.6) is 0 Å². The number of anilines is 1. The number of nitrogens with zero attached hydrogens (tertiary/aromatic N) is 2. The number of hydrogen-bond donors (Lipinski definition) is 0. The third-order valence-electron chi connectivity index (χ3n) is 3.96. The summed E-state index contributed by atoms with van der Waals surface area (Å²) in [5.41, 5.74) is 0. The Hall–Kier alpha value is -1.35. The van der Waals surface area contributed by atoms with Gasteiger partial charge < -0.3 is 18.8 Å². The third kappa shape index (κ3) is 4.63. The third-order valence-corrected chi connectivity index (χ3v) is 5.33. The highest BCUT2D eigenvalue weighted by Crippen LogP contribution is 2.33. The fourth-order valence-corrected chi connectivity index (χ4v) is 3.95. The monoisotopic (exact) mass is 382 g/mol. The highest BCUT2D eigenvalue weighted by molar-refractivity contribution is 8.26. The van der Waals surface area contributed by atoms with Crippen molar-refractivity contribution in [2.45, 2.75) is 13.3 Å². The molecule has 0 N–H and O–H groups in total. The quantitative estimate of drug-likeness (QED) is 0.408. The van der Waals surface area contributed by atoms with E-state index in [9.17, 15) is 4.79 Å². The molecule has 25 heavy (non-hydrogen) atoms. The minimum absolute atomic E-state index is 0.0594. The molecule has 0 bridgehead atoms. The summed E-state index contributed by atoms with van der Waals surface area (Å²) < 4.78 is 17.1. The maximum absolute atomic E-state index is 12.5. The van der Waals surface area contributed by atoms with Gasteiger partial charge in [0.2, 0.25) is 0 Å². The molecule has 1 aromatic heterocycles. The zero-order valence-electron chi connectivity index (χ0n) is 14.2. The molecular formula is C17H22N2O4S2. The van der Waals surface area contributed by atoms with E-state index in [1.807, 2.05) is 19.1 Å². The SMILES string of the molecule is CCOCCCN1C(=O)/C(=C\c2ccc(N3CCOCC3)o2)SC1=S. The van der Waals surface area contributed by atoms with Crippen LogP contribution in [-0.4, -0.2) is 61.2 Å². The number of carbonyl (C=O) groups is 1. The van der Waals surface area contributed by atoms with Crippen LogP contribution in [0.4, 0.5) is 5.88 Å². The van der Waals surface area contributed by atoms with E-state index in [0.29, 0.717) is 48.0 Å². The van der Waals surface area contributed by atoms with Gasteiger partial charge in [-0.15, -0.1) is 0 Å². The molecular weight excluding hydrogens is 360 g/mol. The molecule has 0 unspecified atom stereocenters. The number of carbonyl (C=O) groups excluding carboxylic acids is 1. The van der Waals surface area contributed by atoms with E-state index >= 15 is 0 Å². The molecule has 0 saturated carbocycles. The Labute approximate surface area is 157 Å². The molecule has 6 nitrogen and oxygen atoms in total. The molecule has 2 aliphatic heterocycles. The van der Waals surface area contributed by atoms with Gasteiger partial charge >= 0.3 is 0 Å². The molecule has 0 radical (unpaired) electrons. The second-order valence-corrected chi connectivity index (χ2v) is 7.34. The van der Waals surface area contributed by atoms with Gasteiger partial charge in [-0.25, -0.2) is 0 Å². The van der Waals surface area contributed by atoms with Gasteiger partial charge in [-0.2, -0.15) is 0 Å². The number of amides is 1.